The standard InChI is InChI=1S/C14H17BrFNO/c1-3-5-17-12(4-2)13-7-9-6-10(15)8-11(16)14(9)18-13/h6-8,12,17H,3-5H2,1-2H3. The van der Waals surface area contributed by atoms with E-state index in [1.807, 2.05) is 12.1 Å². The molecule has 0 spiro atoms. The Hall–Kier alpha value is -0.870. The van der Waals surface area contributed by atoms with E-state index in [0.29, 0.717) is 5.58 Å². The van der Waals surface area contributed by atoms with Crippen LogP contribution in [-0.2, 0) is 0 Å². The van der Waals surface area contributed by atoms with E-state index >= 15 is 0 Å². The van der Waals surface area contributed by atoms with Gasteiger partial charge in [0, 0.05) is 9.86 Å². The number of benzene rings is 1. The van der Waals surface area contributed by atoms with Crippen molar-refractivity contribution in [1.82, 2.24) is 5.32 Å². The third kappa shape index (κ3) is 2.75. The Morgan fingerprint density at radius 1 is 1.33 bits per heavy atom. The number of rotatable bonds is 5. The highest BCUT2D eigenvalue weighted by Crippen LogP contribution is 2.30. The fourth-order valence-corrected chi connectivity index (χ4v) is 2.48. The normalized spacial score (nSPS) is 13.1. The molecule has 0 aliphatic carbocycles. The zero-order valence-corrected chi connectivity index (χ0v) is 12.2. The molecule has 1 aromatic carbocycles. The lowest BCUT2D eigenvalue weighted by Crippen LogP contribution is -2.20. The van der Waals surface area contributed by atoms with Crippen LogP contribution in [0.5, 0.6) is 0 Å². The van der Waals surface area contributed by atoms with Gasteiger partial charge in [-0.3, -0.25) is 0 Å². The van der Waals surface area contributed by atoms with E-state index in [1.165, 1.54) is 6.07 Å². The van der Waals surface area contributed by atoms with Crippen LogP contribution in [0, 0.1) is 5.82 Å². The number of furan rings is 1. The summed E-state index contributed by atoms with van der Waals surface area (Å²) in [5.74, 6) is 0.480. The molecule has 2 rings (SSSR count). The first-order valence-electron chi connectivity index (χ1n) is 6.27. The Labute approximate surface area is 115 Å². The summed E-state index contributed by atoms with van der Waals surface area (Å²) >= 11 is 3.29. The molecule has 0 aliphatic rings. The maximum Gasteiger partial charge on any atom is 0.170 e. The van der Waals surface area contributed by atoms with Crippen LogP contribution >= 0.6 is 15.9 Å². The fraction of sp³-hybridized carbons (Fsp3) is 0.429. The predicted octanol–water partition coefficient (Wildman–Crippen LogP) is 4.79. The Morgan fingerprint density at radius 2 is 2.11 bits per heavy atom. The van der Waals surface area contributed by atoms with Gasteiger partial charge in [0.15, 0.2) is 11.4 Å². The van der Waals surface area contributed by atoms with Crippen LogP contribution in [-0.4, -0.2) is 6.54 Å². The van der Waals surface area contributed by atoms with Gasteiger partial charge in [0.2, 0.25) is 0 Å². The average molecular weight is 314 g/mol. The zero-order valence-electron chi connectivity index (χ0n) is 10.6. The van der Waals surface area contributed by atoms with Gasteiger partial charge in [-0.1, -0.05) is 29.8 Å². The molecule has 2 nitrogen and oxygen atoms in total. The van der Waals surface area contributed by atoms with Crippen LogP contribution in [0.3, 0.4) is 0 Å². The summed E-state index contributed by atoms with van der Waals surface area (Å²) in [4.78, 5) is 0. The van der Waals surface area contributed by atoms with Gasteiger partial charge in [-0.15, -0.1) is 0 Å². The molecule has 4 heteroatoms. The predicted molar refractivity (Wildman–Crippen MR) is 75.2 cm³/mol. The lowest BCUT2D eigenvalue weighted by molar-refractivity contribution is 0.415. The minimum absolute atomic E-state index is 0.149. The van der Waals surface area contributed by atoms with Crippen LogP contribution in [0.15, 0.2) is 27.1 Å². The van der Waals surface area contributed by atoms with E-state index < -0.39 is 0 Å². The Bertz CT molecular complexity index is 538. The second-order valence-electron chi connectivity index (χ2n) is 4.37. The van der Waals surface area contributed by atoms with Crippen LogP contribution in [0.4, 0.5) is 4.39 Å². The summed E-state index contributed by atoms with van der Waals surface area (Å²) in [6.07, 6.45) is 1.99. The molecule has 1 aromatic heterocycles. The second kappa shape index (κ2) is 5.85. The quantitative estimate of drug-likeness (QED) is 0.859. The van der Waals surface area contributed by atoms with Crippen molar-refractivity contribution in [3.05, 3.63) is 34.2 Å². The van der Waals surface area contributed by atoms with Crippen molar-refractivity contribution < 1.29 is 8.81 Å². The first kappa shape index (κ1) is 13.6. The molecule has 0 saturated carbocycles. The van der Waals surface area contributed by atoms with Gasteiger partial charge in [0.05, 0.1) is 6.04 Å². The van der Waals surface area contributed by atoms with Gasteiger partial charge in [0.1, 0.15) is 5.76 Å². The van der Waals surface area contributed by atoms with Gasteiger partial charge in [-0.25, -0.2) is 4.39 Å². The largest absolute Gasteiger partial charge is 0.456 e. The molecule has 18 heavy (non-hydrogen) atoms. The molecule has 1 heterocycles. The summed E-state index contributed by atoms with van der Waals surface area (Å²) in [6, 6.07) is 5.36. The number of hydrogen-bond donors (Lipinski definition) is 1. The van der Waals surface area contributed by atoms with Crippen molar-refractivity contribution in [3.63, 3.8) is 0 Å². The van der Waals surface area contributed by atoms with E-state index in [2.05, 4.69) is 35.1 Å². The first-order valence-corrected chi connectivity index (χ1v) is 7.06. The van der Waals surface area contributed by atoms with E-state index in [-0.39, 0.29) is 11.9 Å². The SMILES string of the molecule is CCCNC(CC)c1cc2cc(Br)cc(F)c2o1. The number of nitrogens with one attached hydrogen (secondary N) is 1. The van der Waals surface area contributed by atoms with E-state index in [0.717, 1.165) is 35.0 Å². The van der Waals surface area contributed by atoms with Crippen LogP contribution in [0.25, 0.3) is 11.0 Å². The first-order chi connectivity index (χ1) is 8.65. The fourth-order valence-electron chi connectivity index (χ4n) is 2.03. The second-order valence-corrected chi connectivity index (χ2v) is 5.29. The molecular weight excluding hydrogens is 297 g/mol. The van der Waals surface area contributed by atoms with Gasteiger partial charge < -0.3 is 9.73 Å². The van der Waals surface area contributed by atoms with Gasteiger partial charge >= 0.3 is 0 Å². The van der Waals surface area contributed by atoms with Crippen molar-refractivity contribution in [2.75, 3.05) is 6.54 Å². The van der Waals surface area contributed by atoms with Crippen molar-refractivity contribution >= 4 is 26.9 Å². The number of halogens is 2. The highest BCUT2D eigenvalue weighted by atomic mass is 79.9. The minimum atomic E-state index is -0.323. The molecule has 2 aromatic rings. The summed E-state index contributed by atoms with van der Waals surface area (Å²) in [7, 11) is 0. The van der Waals surface area contributed by atoms with Crippen molar-refractivity contribution in [2.45, 2.75) is 32.7 Å². The van der Waals surface area contributed by atoms with Crippen molar-refractivity contribution in [1.29, 1.82) is 0 Å². The Kier molecular flexibility index (Phi) is 4.40. The van der Waals surface area contributed by atoms with E-state index in [1.54, 1.807) is 0 Å². The van der Waals surface area contributed by atoms with Crippen LogP contribution in [0.2, 0.25) is 0 Å². The highest BCUT2D eigenvalue weighted by molar-refractivity contribution is 9.10. The third-order valence-corrected chi connectivity index (χ3v) is 3.41. The topological polar surface area (TPSA) is 25.2 Å². The Morgan fingerprint density at radius 3 is 2.78 bits per heavy atom. The molecule has 0 aliphatic heterocycles. The molecule has 0 fully saturated rings. The zero-order chi connectivity index (χ0) is 13.1. The molecule has 98 valence electrons. The molecule has 1 N–H and O–H groups in total. The van der Waals surface area contributed by atoms with Crippen molar-refractivity contribution in [2.24, 2.45) is 0 Å². The van der Waals surface area contributed by atoms with E-state index in [4.69, 9.17) is 4.42 Å². The van der Waals surface area contributed by atoms with Crippen molar-refractivity contribution in [3.8, 4) is 0 Å². The molecular formula is C14H17BrFNO. The Balaban J connectivity index is 2.36. The minimum Gasteiger partial charge on any atom is -0.456 e. The van der Waals surface area contributed by atoms with Crippen LogP contribution in [0.1, 0.15) is 38.5 Å². The maximum atomic E-state index is 13.7. The number of fused-ring (bicyclic) bond motifs is 1. The lowest BCUT2D eigenvalue weighted by atomic mass is 10.1. The van der Waals surface area contributed by atoms with Crippen LogP contribution < -0.4 is 5.32 Å². The third-order valence-electron chi connectivity index (χ3n) is 2.95. The lowest BCUT2D eigenvalue weighted by Gasteiger charge is -2.13. The van der Waals surface area contributed by atoms with Gasteiger partial charge in [-0.05, 0) is 37.6 Å². The van der Waals surface area contributed by atoms with E-state index in [9.17, 15) is 4.39 Å². The summed E-state index contributed by atoms with van der Waals surface area (Å²) < 4.78 is 20.1. The molecule has 0 amide bonds. The molecule has 0 radical (unpaired) electrons. The highest BCUT2D eigenvalue weighted by Gasteiger charge is 2.16. The van der Waals surface area contributed by atoms with Gasteiger partial charge in [-0.2, -0.15) is 0 Å². The van der Waals surface area contributed by atoms with Gasteiger partial charge in [0.25, 0.3) is 0 Å². The molecule has 0 bridgehead atoms. The smallest absolute Gasteiger partial charge is 0.170 e. The number of hydrogen-bond acceptors (Lipinski definition) is 2. The maximum absolute atomic E-state index is 13.7. The summed E-state index contributed by atoms with van der Waals surface area (Å²) in [6.45, 7) is 5.14. The average Bonchev–Trinajstić information content (AvgIpc) is 2.74. The summed E-state index contributed by atoms with van der Waals surface area (Å²) in [5, 5.41) is 4.20. The monoisotopic (exact) mass is 313 g/mol. The molecule has 1 atom stereocenters. The summed E-state index contributed by atoms with van der Waals surface area (Å²) in [5.41, 5.74) is 0.338. The molecule has 0 saturated heterocycles. The molecule has 1 unspecified atom stereocenters.